The predicted molar refractivity (Wildman–Crippen MR) is 48.9 cm³/mol. The summed E-state index contributed by atoms with van der Waals surface area (Å²) in [7, 11) is 0. The van der Waals surface area contributed by atoms with Gasteiger partial charge in [-0.3, -0.25) is 4.39 Å². The molecular formula is C10H10F5N. The van der Waals surface area contributed by atoms with Gasteiger partial charge < -0.3 is 5.73 Å². The number of nitrogens with two attached hydrogens (primary N) is 1. The molecule has 0 saturated carbocycles. The summed E-state index contributed by atoms with van der Waals surface area (Å²) >= 11 is 0. The van der Waals surface area contributed by atoms with Crippen molar-refractivity contribution in [2.45, 2.75) is 18.6 Å². The highest BCUT2D eigenvalue weighted by atomic mass is 19.4. The molecule has 0 heterocycles. The molecule has 1 atom stereocenters. The van der Waals surface area contributed by atoms with Gasteiger partial charge in [0.25, 0.3) is 0 Å². The Morgan fingerprint density at radius 2 is 1.88 bits per heavy atom. The summed E-state index contributed by atoms with van der Waals surface area (Å²) in [5.41, 5.74) is 4.14. The van der Waals surface area contributed by atoms with Crippen molar-refractivity contribution in [3.8, 4) is 0 Å². The van der Waals surface area contributed by atoms with Crippen molar-refractivity contribution in [1.82, 2.24) is 0 Å². The van der Waals surface area contributed by atoms with Crippen molar-refractivity contribution < 1.29 is 22.0 Å². The maximum atomic E-state index is 12.9. The molecule has 16 heavy (non-hydrogen) atoms. The minimum absolute atomic E-state index is 0.0753. The fourth-order valence-corrected chi connectivity index (χ4v) is 1.27. The lowest BCUT2D eigenvalue weighted by molar-refractivity contribution is -0.140. The third-order valence-corrected chi connectivity index (χ3v) is 2.14. The molecule has 0 saturated heterocycles. The van der Waals surface area contributed by atoms with Crippen molar-refractivity contribution >= 4 is 0 Å². The molecule has 90 valence electrons. The summed E-state index contributed by atoms with van der Waals surface area (Å²) in [6.45, 7) is -0.736. The molecule has 0 spiro atoms. The molecule has 0 fully saturated rings. The van der Waals surface area contributed by atoms with Crippen LogP contribution in [-0.4, -0.2) is 6.67 Å². The van der Waals surface area contributed by atoms with Crippen LogP contribution in [0.2, 0.25) is 0 Å². The molecule has 0 aliphatic carbocycles. The summed E-state index contributed by atoms with van der Waals surface area (Å²) in [5.74, 6) is -1.36. The van der Waals surface area contributed by atoms with E-state index in [2.05, 4.69) is 0 Å². The van der Waals surface area contributed by atoms with Crippen molar-refractivity contribution in [1.29, 1.82) is 0 Å². The Hall–Kier alpha value is -1.17. The van der Waals surface area contributed by atoms with Crippen LogP contribution in [0, 0.1) is 5.82 Å². The Bertz CT molecular complexity index is 361. The third kappa shape index (κ3) is 2.91. The molecule has 0 aromatic heterocycles. The standard InChI is InChI=1S/C10H10F5N/c11-4-3-9(16)6-1-2-8(12)7(5-6)10(13,14)15/h1-2,5,9H,3-4,16H2/t9-/m0/s1. The Labute approximate surface area is 89.1 Å². The first kappa shape index (κ1) is 12.9. The molecule has 6 heteroatoms. The van der Waals surface area contributed by atoms with E-state index >= 15 is 0 Å². The zero-order chi connectivity index (χ0) is 12.3. The van der Waals surface area contributed by atoms with Gasteiger partial charge in [0.05, 0.1) is 12.2 Å². The SMILES string of the molecule is N[C@@H](CCF)c1ccc(F)c(C(F)(F)F)c1. The van der Waals surface area contributed by atoms with Crippen LogP contribution in [0.15, 0.2) is 18.2 Å². The zero-order valence-corrected chi connectivity index (χ0v) is 8.19. The first-order valence-corrected chi connectivity index (χ1v) is 4.54. The van der Waals surface area contributed by atoms with Gasteiger partial charge in [-0.2, -0.15) is 13.2 Å². The van der Waals surface area contributed by atoms with Crippen molar-refractivity contribution in [3.05, 3.63) is 35.1 Å². The number of halogens is 5. The van der Waals surface area contributed by atoms with Crippen LogP contribution in [0.25, 0.3) is 0 Å². The van der Waals surface area contributed by atoms with Gasteiger partial charge in [0.2, 0.25) is 0 Å². The number of alkyl halides is 4. The van der Waals surface area contributed by atoms with Gasteiger partial charge in [-0.1, -0.05) is 6.07 Å². The molecule has 0 aliphatic heterocycles. The number of hydrogen-bond donors (Lipinski definition) is 1. The van der Waals surface area contributed by atoms with Gasteiger partial charge in [0.1, 0.15) is 5.82 Å². The highest BCUT2D eigenvalue weighted by Crippen LogP contribution is 2.33. The van der Waals surface area contributed by atoms with E-state index in [9.17, 15) is 22.0 Å². The van der Waals surface area contributed by atoms with Crippen LogP contribution in [0.5, 0.6) is 0 Å². The highest BCUT2D eigenvalue weighted by Gasteiger charge is 2.34. The van der Waals surface area contributed by atoms with Crippen LogP contribution in [0.4, 0.5) is 22.0 Å². The molecular weight excluding hydrogens is 229 g/mol. The van der Waals surface area contributed by atoms with Crippen molar-refractivity contribution in [2.75, 3.05) is 6.67 Å². The van der Waals surface area contributed by atoms with Gasteiger partial charge in [-0.05, 0) is 24.1 Å². The maximum absolute atomic E-state index is 12.9. The Kier molecular flexibility index (Phi) is 3.85. The van der Waals surface area contributed by atoms with Crippen LogP contribution in [0.3, 0.4) is 0 Å². The molecule has 1 aromatic carbocycles. The summed E-state index contributed by atoms with van der Waals surface area (Å²) in [5, 5.41) is 0. The van der Waals surface area contributed by atoms with Gasteiger partial charge in [0.15, 0.2) is 0 Å². The Balaban J connectivity index is 3.07. The average molecular weight is 239 g/mol. The predicted octanol–water partition coefficient (Wildman–Crippen LogP) is 3.20. The number of benzene rings is 1. The lowest BCUT2D eigenvalue weighted by atomic mass is 10.0. The van der Waals surface area contributed by atoms with Crippen molar-refractivity contribution in [2.24, 2.45) is 5.73 Å². The quantitative estimate of drug-likeness (QED) is 0.805. The second-order valence-corrected chi connectivity index (χ2v) is 3.32. The van der Waals surface area contributed by atoms with Crippen LogP contribution in [0.1, 0.15) is 23.6 Å². The van der Waals surface area contributed by atoms with Gasteiger partial charge in [-0.25, -0.2) is 4.39 Å². The lowest BCUT2D eigenvalue weighted by Gasteiger charge is -2.13. The van der Waals surface area contributed by atoms with Gasteiger partial charge in [-0.15, -0.1) is 0 Å². The van der Waals surface area contributed by atoms with E-state index in [1.54, 1.807) is 0 Å². The van der Waals surface area contributed by atoms with E-state index in [4.69, 9.17) is 5.73 Å². The van der Waals surface area contributed by atoms with Crippen LogP contribution < -0.4 is 5.73 Å². The highest BCUT2D eigenvalue weighted by molar-refractivity contribution is 5.29. The second-order valence-electron chi connectivity index (χ2n) is 3.32. The van der Waals surface area contributed by atoms with E-state index in [1.165, 1.54) is 0 Å². The topological polar surface area (TPSA) is 26.0 Å². The number of rotatable bonds is 3. The minimum Gasteiger partial charge on any atom is -0.324 e. The molecule has 2 N–H and O–H groups in total. The molecule has 0 radical (unpaired) electrons. The smallest absolute Gasteiger partial charge is 0.324 e. The van der Waals surface area contributed by atoms with E-state index in [0.29, 0.717) is 12.1 Å². The van der Waals surface area contributed by atoms with Gasteiger partial charge >= 0.3 is 6.18 Å². The summed E-state index contributed by atoms with van der Waals surface area (Å²) < 4.78 is 61.8. The second kappa shape index (κ2) is 4.78. The van der Waals surface area contributed by atoms with E-state index < -0.39 is 30.3 Å². The normalized spacial score (nSPS) is 13.9. The molecule has 0 bridgehead atoms. The summed E-state index contributed by atoms with van der Waals surface area (Å²) in [4.78, 5) is 0. The van der Waals surface area contributed by atoms with Crippen LogP contribution in [-0.2, 0) is 6.18 Å². The molecule has 1 rings (SSSR count). The van der Waals surface area contributed by atoms with E-state index in [-0.39, 0.29) is 12.0 Å². The molecule has 0 unspecified atom stereocenters. The van der Waals surface area contributed by atoms with Crippen molar-refractivity contribution in [3.63, 3.8) is 0 Å². The third-order valence-electron chi connectivity index (χ3n) is 2.14. The summed E-state index contributed by atoms with van der Waals surface area (Å²) in [6.07, 6.45) is -4.86. The zero-order valence-electron chi connectivity index (χ0n) is 8.19. The van der Waals surface area contributed by atoms with E-state index in [0.717, 1.165) is 6.07 Å². The first-order chi connectivity index (χ1) is 7.36. The van der Waals surface area contributed by atoms with Crippen LogP contribution >= 0.6 is 0 Å². The first-order valence-electron chi connectivity index (χ1n) is 4.54. The van der Waals surface area contributed by atoms with Gasteiger partial charge in [0, 0.05) is 6.04 Å². The molecule has 0 aliphatic rings. The lowest BCUT2D eigenvalue weighted by Crippen LogP contribution is -2.14. The monoisotopic (exact) mass is 239 g/mol. The molecule has 0 amide bonds. The molecule has 1 aromatic rings. The fraction of sp³-hybridized carbons (Fsp3) is 0.400. The fourth-order valence-electron chi connectivity index (χ4n) is 1.27. The Morgan fingerprint density at radius 1 is 1.25 bits per heavy atom. The summed E-state index contributed by atoms with van der Waals surface area (Å²) in [6, 6.07) is 1.59. The minimum atomic E-state index is -4.77. The molecule has 1 nitrogen and oxygen atoms in total. The maximum Gasteiger partial charge on any atom is 0.419 e. The average Bonchev–Trinajstić information content (AvgIpc) is 2.16. The van der Waals surface area contributed by atoms with E-state index in [1.807, 2.05) is 0 Å². The Morgan fingerprint density at radius 3 is 2.38 bits per heavy atom. The largest absolute Gasteiger partial charge is 0.419 e. The number of hydrogen-bond acceptors (Lipinski definition) is 1.